The Morgan fingerprint density at radius 3 is 2.54 bits per heavy atom. The van der Waals surface area contributed by atoms with E-state index in [1.165, 1.54) is 30.3 Å². The number of halogens is 2. The van der Waals surface area contributed by atoms with Crippen LogP contribution in [0.1, 0.15) is 5.56 Å². The van der Waals surface area contributed by atoms with Crippen LogP contribution in [0.4, 0.5) is 15.8 Å². The number of hydrogen-bond donors (Lipinski definition) is 2. The number of carbonyl (C=O) groups is 1. The third-order valence-corrected chi connectivity index (χ3v) is 3.63. The molecule has 8 heteroatoms. The summed E-state index contributed by atoms with van der Waals surface area (Å²) in [5.41, 5.74) is 1.09. The van der Waals surface area contributed by atoms with E-state index in [0.29, 0.717) is 12.2 Å². The number of carbonyl (C=O) groups excluding carboxylic acids is 1. The molecule has 0 radical (unpaired) electrons. The molecule has 6 nitrogen and oxygen atoms in total. The first kappa shape index (κ1) is 17.8. The molecule has 1 amide bonds. The van der Waals surface area contributed by atoms with Crippen LogP contribution < -0.4 is 10.2 Å². The highest BCUT2D eigenvalue weighted by Crippen LogP contribution is 2.26. The molecule has 24 heavy (non-hydrogen) atoms. The number of nitrogens with one attached hydrogen (secondary N) is 2. The topological polar surface area (TPSA) is 76.7 Å². The van der Waals surface area contributed by atoms with Gasteiger partial charge < -0.3 is 10.2 Å². The summed E-state index contributed by atoms with van der Waals surface area (Å²) in [5.74, 6) is -0.577. The van der Waals surface area contributed by atoms with Crippen LogP contribution in [-0.4, -0.2) is 24.4 Å². The van der Waals surface area contributed by atoms with Gasteiger partial charge in [-0.15, -0.1) is 0 Å². The molecule has 126 valence electrons. The van der Waals surface area contributed by atoms with Gasteiger partial charge in [-0.05, 0) is 18.2 Å². The first-order valence-electron chi connectivity index (χ1n) is 7.14. The lowest BCUT2D eigenvalue weighted by Gasteiger charge is -2.14. The Bertz CT molecular complexity index is 753. The molecule has 2 aromatic rings. The Morgan fingerprint density at radius 1 is 1.29 bits per heavy atom. The number of anilines is 1. The summed E-state index contributed by atoms with van der Waals surface area (Å²) in [5, 5.41) is 13.4. The lowest BCUT2D eigenvalue weighted by molar-refractivity contribution is -0.885. The zero-order valence-corrected chi connectivity index (χ0v) is 13.6. The van der Waals surface area contributed by atoms with E-state index in [9.17, 15) is 19.3 Å². The Kier molecular flexibility index (Phi) is 5.83. The van der Waals surface area contributed by atoms with Gasteiger partial charge in [-0.3, -0.25) is 14.9 Å². The second kappa shape index (κ2) is 7.85. The molecule has 2 aromatic carbocycles. The first-order valence-corrected chi connectivity index (χ1v) is 7.52. The zero-order chi connectivity index (χ0) is 17.7. The third-order valence-electron chi connectivity index (χ3n) is 3.32. The SMILES string of the molecule is C[NH+](CC(=O)Nc1ccc([N+](=O)[O-])cc1Cl)Cc1ccc(F)cc1. The van der Waals surface area contributed by atoms with Crippen LogP contribution in [0.5, 0.6) is 0 Å². The van der Waals surface area contributed by atoms with E-state index in [4.69, 9.17) is 11.6 Å². The van der Waals surface area contributed by atoms with Crippen molar-refractivity contribution in [3.05, 3.63) is 69.0 Å². The van der Waals surface area contributed by atoms with Crippen molar-refractivity contribution >= 4 is 28.9 Å². The maximum absolute atomic E-state index is 12.9. The summed E-state index contributed by atoms with van der Waals surface area (Å²) in [6, 6.07) is 9.95. The number of likely N-dealkylation sites (N-methyl/N-ethyl adjacent to an activating group) is 1. The van der Waals surface area contributed by atoms with E-state index in [1.54, 1.807) is 12.1 Å². The predicted octanol–water partition coefficient (Wildman–Crippen LogP) is 2.04. The maximum atomic E-state index is 12.9. The van der Waals surface area contributed by atoms with Crippen molar-refractivity contribution in [3.63, 3.8) is 0 Å². The van der Waals surface area contributed by atoms with Crippen LogP contribution >= 0.6 is 11.6 Å². The molecule has 0 saturated heterocycles. The highest BCUT2D eigenvalue weighted by atomic mass is 35.5. The van der Waals surface area contributed by atoms with Crippen molar-refractivity contribution in [2.45, 2.75) is 6.54 Å². The highest BCUT2D eigenvalue weighted by molar-refractivity contribution is 6.33. The molecule has 0 aromatic heterocycles. The van der Waals surface area contributed by atoms with Crippen LogP contribution in [-0.2, 0) is 11.3 Å². The predicted molar refractivity (Wildman–Crippen MR) is 88.6 cm³/mol. The van der Waals surface area contributed by atoms with Crippen molar-refractivity contribution in [2.24, 2.45) is 0 Å². The van der Waals surface area contributed by atoms with E-state index < -0.39 is 4.92 Å². The van der Waals surface area contributed by atoms with Crippen LogP contribution in [0, 0.1) is 15.9 Å². The lowest BCUT2D eigenvalue weighted by Crippen LogP contribution is -3.08. The van der Waals surface area contributed by atoms with E-state index in [-0.39, 0.29) is 29.0 Å². The van der Waals surface area contributed by atoms with Crippen LogP contribution in [0.25, 0.3) is 0 Å². The molecule has 1 atom stereocenters. The Labute approximate surface area is 143 Å². The molecular weight excluding hydrogens is 337 g/mol. The van der Waals surface area contributed by atoms with Crippen LogP contribution in [0.2, 0.25) is 5.02 Å². The molecule has 0 bridgehead atoms. The molecule has 0 spiro atoms. The second-order valence-corrected chi connectivity index (χ2v) is 5.81. The summed E-state index contributed by atoms with van der Waals surface area (Å²) < 4.78 is 12.9. The average molecular weight is 353 g/mol. The Hall–Kier alpha value is -2.51. The third kappa shape index (κ3) is 5.00. The summed E-state index contributed by atoms with van der Waals surface area (Å²) in [6.07, 6.45) is 0. The van der Waals surface area contributed by atoms with Crippen molar-refractivity contribution in [2.75, 3.05) is 18.9 Å². The summed E-state index contributed by atoms with van der Waals surface area (Å²) in [4.78, 5) is 23.1. The van der Waals surface area contributed by atoms with Crippen LogP contribution in [0.3, 0.4) is 0 Å². The smallest absolute Gasteiger partial charge is 0.279 e. The molecule has 1 unspecified atom stereocenters. The van der Waals surface area contributed by atoms with Crippen molar-refractivity contribution in [1.82, 2.24) is 0 Å². The molecular formula is C16H16ClFN3O3+. The molecule has 2 rings (SSSR count). The summed E-state index contributed by atoms with van der Waals surface area (Å²) in [7, 11) is 1.83. The number of quaternary nitrogens is 1. The van der Waals surface area contributed by atoms with Gasteiger partial charge in [-0.25, -0.2) is 4.39 Å². The van der Waals surface area contributed by atoms with Gasteiger partial charge in [0.2, 0.25) is 0 Å². The number of non-ortho nitro benzene ring substituents is 1. The van der Waals surface area contributed by atoms with Gasteiger partial charge in [0.15, 0.2) is 6.54 Å². The standard InChI is InChI=1S/C16H15ClFN3O3/c1-20(9-11-2-4-12(18)5-3-11)10-16(22)19-15-7-6-13(21(23)24)8-14(15)17/h2-8H,9-10H2,1H3,(H,19,22)/p+1. The number of nitro benzene ring substituents is 1. The van der Waals surface area contributed by atoms with Crippen molar-refractivity contribution in [3.8, 4) is 0 Å². The summed E-state index contributed by atoms with van der Waals surface area (Å²) in [6.45, 7) is 0.729. The molecule has 0 heterocycles. The summed E-state index contributed by atoms with van der Waals surface area (Å²) >= 11 is 5.94. The molecule has 0 aliphatic heterocycles. The highest BCUT2D eigenvalue weighted by Gasteiger charge is 2.14. The maximum Gasteiger partial charge on any atom is 0.279 e. The Morgan fingerprint density at radius 2 is 1.96 bits per heavy atom. The minimum absolute atomic E-state index is 0.105. The van der Waals surface area contributed by atoms with Gasteiger partial charge in [0.05, 0.1) is 22.7 Å². The molecule has 0 fully saturated rings. The molecule has 2 N–H and O–H groups in total. The number of amides is 1. The number of hydrogen-bond acceptors (Lipinski definition) is 3. The fourth-order valence-corrected chi connectivity index (χ4v) is 2.42. The van der Waals surface area contributed by atoms with Crippen molar-refractivity contribution in [1.29, 1.82) is 0 Å². The van der Waals surface area contributed by atoms with Gasteiger partial charge in [0.25, 0.3) is 11.6 Å². The molecule has 0 aliphatic rings. The van der Waals surface area contributed by atoms with E-state index in [2.05, 4.69) is 5.32 Å². The minimum Gasteiger partial charge on any atom is -0.326 e. The van der Waals surface area contributed by atoms with Crippen molar-refractivity contribution < 1.29 is 19.0 Å². The van der Waals surface area contributed by atoms with Gasteiger partial charge in [-0.2, -0.15) is 0 Å². The Balaban J connectivity index is 1.92. The van der Waals surface area contributed by atoms with E-state index in [1.807, 2.05) is 7.05 Å². The van der Waals surface area contributed by atoms with E-state index >= 15 is 0 Å². The number of benzene rings is 2. The molecule has 0 saturated carbocycles. The average Bonchev–Trinajstić information content (AvgIpc) is 2.51. The van der Waals surface area contributed by atoms with Gasteiger partial charge in [-0.1, -0.05) is 23.7 Å². The fourth-order valence-electron chi connectivity index (χ4n) is 2.20. The van der Waals surface area contributed by atoms with Gasteiger partial charge >= 0.3 is 0 Å². The number of rotatable bonds is 6. The number of nitro groups is 1. The quantitative estimate of drug-likeness (QED) is 0.617. The number of nitrogens with zero attached hydrogens (tertiary/aromatic N) is 1. The largest absolute Gasteiger partial charge is 0.326 e. The fraction of sp³-hybridized carbons (Fsp3) is 0.188. The van der Waals surface area contributed by atoms with Gasteiger partial charge in [0, 0.05) is 17.7 Å². The molecule has 0 aliphatic carbocycles. The normalized spacial score (nSPS) is 11.8. The van der Waals surface area contributed by atoms with Crippen LogP contribution in [0.15, 0.2) is 42.5 Å². The second-order valence-electron chi connectivity index (χ2n) is 5.41. The van der Waals surface area contributed by atoms with E-state index in [0.717, 1.165) is 10.5 Å². The minimum atomic E-state index is -0.557. The monoisotopic (exact) mass is 352 g/mol. The first-order chi connectivity index (χ1) is 11.3. The zero-order valence-electron chi connectivity index (χ0n) is 12.9. The lowest BCUT2D eigenvalue weighted by atomic mass is 10.2. The van der Waals surface area contributed by atoms with Gasteiger partial charge in [0.1, 0.15) is 12.4 Å².